The first-order valence-corrected chi connectivity index (χ1v) is 7.40. The smallest absolute Gasteiger partial charge is 0.0354 e. The van der Waals surface area contributed by atoms with E-state index in [4.69, 9.17) is 5.73 Å². The summed E-state index contributed by atoms with van der Waals surface area (Å²) in [5.74, 6) is 0.914. The Morgan fingerprint density at radius 1 is 1.33 bits per heavy atom. The van der Waals surface area contributed by atoms with Crippen LogP contribution in [0.1, 0.15) is 49.8 Å². The highest BCUT2D eigenvalue weighted by atomic mass is 15.2. The summed E-state index contributed by atoms with van der Waals surface area (Å²) >= 11 is 0. The fourth-order valence-corrected chi connectivity index (χ4v) is 3.71. The molecule has 3 rings (SSSR count). The van der Waals surface area contributed by atoms with Crippen LogP contribution in [0.4, 0.5) is 5.69 Å². The number of hydrogen-bond acceptors (Lipinski definition) is 2. The standard InChI is InChI=1S/C16H24N2/c1-2-12-4-3-9-18(11-12)16-8-5-13-10-14(17)6-7-15(13)16/h6-7,10,12,16H,2-5,8-9,11,17H2,1H3. The molecule has 0 radical (unpaired) electrons. The van der Waals surface area contributed by atoms with Crippen molar-refractivity contribution in [2.75, 3.05) is 18.8 Å². The van der Waals surface area contributed by atoms with E-state index in [2.05, 4.69) is 30.0 Å². The summed E-state index contributed by atoms with van der Waals surface area (Å²) in [4.78, 5) is 2.72. The van der Waals surface area contributed by atoms with Gasteiger partial charge in [0.1, 0.15) is 0 Å². The number of rotatable bonds is 2. The van der Waals surface area contributed by atoms with Gasteiger partial charge in [-0.05, 0) is 61.4 Å². The third-order valence-corrected chi connectivity index (χ3v) is 4.78. The molecule has 0 amide bonds. The Bertz CT molecular complexity index is 427. The van der Waals surface area contributed by atoms with Gasteiger partial charge in [-0.15, -0.1) is 0 Å². The molecule has 2 nitrogen and oxygen atoms in total. The molecule has 0 bridgehead atoms. The lowest BCUT2D eigenvalue weighted by atomic mass is 9.93. The van der Waals surface area contributed by atoms with Crippen LogP contribution in [0.3, 0.4) is 0 Å². The molecule has 1 aliphatic carbocycles. The lowest BCUT2D eigenvalue weighted by molar-refractivity contribution is 0.121. The van der Waals surface area contributed by atoms with E-state index in [1.54, 1.807) is 5.56 Å². The third-order valence-electron chi connectivity index (χ3n) is 4.78. The molecule has 2 N–H and O–H groups in total. The molecular formula is C16H24N2. The normalized spacial score (nSPS) is 28.3. The second-order valence-electron chi connectivity index (χ2n) is 5.92. The van der Waals surface area contributed by atoms with Crippen LogP contribution >= 0.6 is 0 Å². The molecule has 98 valence electrons. The Morgan fingerprint density at radius 2 is 2.22 bits per heavy atom. The SMILES string of the molecule is CCC1CCCN(C2CCc3cc(N)ccc32)C1. The minimum atomic E-state index is 0.662. The number of benzene rings is 1. The summed E-state index contributed by atoms with van der Waals surface area (Å²) in [7, 11) is 0. The maximum absolute atomic E-state index is 5.88. The van der Waals surface area contributed by atoms with Crippen molar-refractivity contribution in [1.29, 1.82) is 0 Å². The molecule has 2 atom stereocenters. The van der Waals surface area contributed by atoms with E-state index in [1.807, 2.05) is 0 Å². The number of fused-ring (bicyclic) bond motifs is 1. The summed E-state index contributed by atoms with van der Waals surface area (Å²) in [5, 5.41) is 0. The topological polar surface area (TPSA) is 29.3 Å². The number of aryl methyl sites for hydroxylation is 1. The Labute approximate surface area is 110 Å². The first-order chi connectivity index (χ1) is 8.78. The zero-order chi connectivity index (χ0) is 12.5. The monoisotopic (exact) mass is 244 g/mol. The average molecular weight is 244 g/mol. The van der Waals surface area contributed by atoms with Crippen molar-refractivity contribution in [3.05, 3.63) is 29.3 Å². The van der Waals surface area contributed by atoms with Gasteiger partial charge in [-0.3, -0.25) is 4.90 Å². The molecule has 1 aromatic carbocycles. The van der Waals surface area contributed by atoms with Crippen LogP contribution in [0.5, 0.6) is 0 Å². The summed E-state index contributed by atoms with van der Waals surface area (Å²) in [6, 6.07) is 7.17. The summed E-state index contributed by atoms with van der Waals surface area (Å²) < 4.78 is 0. The van der Waals surface area contributed by atoms with Crippen LogP contribution in [0.2, 0.25) is 0 Å². The minimum Gasteiger partial charge on any atom is -0.399 e. The van der Waals surface area contributed by atoms with E-state index < -0.39 is 0 Å². The lowest BCUT2D eigenvalue weighted by Crippen LogP contribution is -2.37. The van der Waals surface area contributed by atoms with Crippen LogP contribution in [0.25, 0.3) is 0 Å². The molecule has 1 saturated heterocycles. The number of nitrogens with zero attached hydrogens (tertiary/aromatic N) is 1. The summed E-state index contributed by atoms with van der Waals surface area (Å²) in [6.45, 7) is 4.91. The number of nitrogen functional groups attached to an aromatic ring is 1. The summed E-state index contributed by atoms with van der Waals surface area (Å²) in [6.07, 6.45) is 6.62. The second kappa shape index (κ2) is 4.93. The van der Waals surface area contributed by atoms with E-state index in [9.17, 15) is 0 Å². The van der Waals surface area contributed by atoms with Gasteiger partial charge in [0.25, 0.3) is 0 Å². The largest absolute Gasteiger partial charge is 0.399 e. The second-order valence-corrected chi connectivity index (χ2v) is 5.92. The van der Waals surface area contributed by atoms with E-state index >= 15 is 0 Å². The number of hydrogen-bond donors (Lipinski definition) is 1. The molecule has 1 aromatic rings. The van der Waals surface area contributed by atoms with Gasteiger partial charge in [0.15, 0.2) is 0 Å². The van der Waals surface area contributed by atoms with Gasteiger partial charge in [-0.25, -0.2) is 0 Å². The molecule has 1 fully saturated rings. The van der Waals surface area contributed by atoms with E-state index in [0.29, 0.717) is 6.04 Å². The van der Waals surface area contributed by atoms with Crippen molar-refractivity contribution in [2.45, 2.75) is 45.1 Å². The van der Waals surface area contributed by atoms with Gasteiger partial charge >= 0.3 is 0 Å². The molecule has 18 heavy (non-hydrogen) atoms. The van der Waals surface area contributed by atoms with Gasteiger partial charge in [0.05, 0.1) is 0 Å². The van der Waals surface area contributed by atoms with Crippen LogP contribution in [-0.2, 0) is 6.42 Å². The van der Waals surface area contributed by atoms with Crippen molar-refractivity contribution in [2.24, 2.45) is 5.92 Å². The average Bonchev–Trinajstić information content (AvgIpc) is 2.81. The van der Waals surface area contributed by atoms with Crippen molar-refractivity contribution in [3.8, 4) is 0 Å². The molecule has 1 heterocycles. The Balaban J connectivity index is 1.79. The van der Waals surface area contributed by atoms with Crippen LogP contribution in [0, 0.1) is 5.92 Å². The predicted molar refractivity (Wildman–Crippen MR) is 76.5 cm³/mol. The van der Waals surface area contributed by atoms with Crippen molar-refractivity contribution < 1.29 is 0 Å². The highest BCUT2D eigenvalue weighted by molar-refractivity contribution is 5.47. The number of piperidine rings is 1. The molecule has 0 spiro atoms. The summed E-state index contributed by atoms with van der Waals surface area (Å²) in [5.41, 5.74) is 9.83. The van der Waals surface area contributed by atoms with Gasteiger partial charge in [0, 0.05) is 18.3 Å². The first kappa shape index (κ1) is 12.0. The maximum Gasteiger partial charge on any atom is 0.0354 e. The highest BCUT2D eigenvalue weighted by Gasteiger charge is 2.30. The molecule has 2 heteroatoms. The zero-order valence-electron chi connectivity index (χ0n) is 11.4. The van der Waals surface area contributed by atoms with Crippen LogP contribution in [-0.4, -0.2) is 18.0 Å². The quantitative estimate of drug-likeness (QED) is 0.808. The van der Waals surface area contributed by atoms with Gasteiger partial charge in [-0.1, -0.05) is 19.4 Å². The fourth-order valence-electron chi connectivity index (χ4n) is 3.71. The molecule has 2 unspecified atom stereocenters. The maximum atomic E-state index is 5.88. The lowest BCUT2D eigenvalue weighted by Gasteiger charge is -2.37. The van der Waals surface area contributed by atoms with Crippen molar-refractivity contribution in [1.82, 2.24) is 4.90 Å². The van der Waals surface area contributed by atoms with Crippen LogP contribution < -0.4 is 5.73 Å². The molecule has 0 saturated carbocycles. The highest BCUT2D eigenvalue weighted by Crippen LogP contribution is 2.38. The predicted octanol–water partition coefficient (Wildman–Crippen LogP) is 3.38. The Morgan fingerprint density at radius 3 is 3.06 bits per heavy atom. The van der Waals surface area contributed by atoms with E-state index in [1.165, 1.54) is 50.8 Å². The molecule has 0 aromatic heterocycles. The number of nitrogens with two attached hydrogens (primary N) is 1. The van der Waals surface area contributed by atoms with Gasteiger partial charge in [0.2, 0.25) is 0 Å². The van der Waals surface area contributed by atoms with Crippen LogP contribution in [0.15, 0.2) is 18.2 Å². The molecule has 1 aliphatic heterocycles. The number of likely N-dealkylation sites (tertiary alicyclic amines) is 1. The molecular weight excluding hydrogens is 220 g/mol. The Hall–Kier alpha value is -1.02. The fraction of sp³-hybridized carbons (Fsp3) is 0.625. The van der Waals surface area contributed by atoms with Gasteiger partial charge < -0.3 is 5.73 Å². The number of anilines is 1. The molecule has 2 aliphatic rings. The van der Waals surface area contributed by atoms with E-state index in [-0.39, 0.29) is 0 Å². The van der Waals surface area contributed by atoms with E-state index in [0.717, 1.165) is 11.6 Å². The third kappa shape index (κ3) is 2.14. The zero-order valence-corrected chi connectivity index (χ0v) is 11.4. The van der Waals surface area contributed by atoms with Gasteiger partial charge in [-0.2, -0.15) is 0 Å². The van der Waals surface area contributed by atoms with Crippen molar-refractivity contribution in [3.63, 3.8) is 0 Å². The minimum absolute atomic E-state index is 0.662. The first-order valence-electron chi connectivity index (χ1n) is 7.40. The Kier molecular flexibility index (Phi) is 3.29. The van der Waals surface area contributed by atoms with Crippen molar-refractivity contribution >= 4 is 5.69 Å².